The Morgan fingerprint density at radius 2 is 1.87 bits per heavy atom. The number of aromatic hydroxyl groups is 1. The fourth-order valence-electron chi connectivity index (χ4n) is 4.50. The van der Waals surface area contributed by atoms with Gasteiger partial charge in [0.1, 0.15) is 11.5 Å². The Hall–Kier alpha value is -3.86. The third-order valence-corrected chi connectivity index (χ3v) is 7.16. The SMILES string of the molecule is O=C(O)NC(c1ccsc1)c1cccc(OCCCCCCNCC(O)c2ccc(O)c3[nH]c(=O)ccc23)c1. The second-order valence-corrected chi connectivity index (χ2v) is 10.1. The van der Waals surface area contributed by atoms with Crippen LogP contribution < -0.4 is 20.9 Å². The number of amides is 1. The van der Waals surface area contributed by atoms with E-state index in [9.17, 15) is 24.9 Å². The smallest absolute Gasteiger partial charge is 0.405 e. The van der Waals surface area contributed by atoms with E-state index < -0.39 is 18.2 Å². The lowest BCUT2D eigenvalue weighted by Crippen LogP contribution is -2.27. The first-order valence-electron chi connectivity index (χ1n) is 12.9. The molecule has 4 rings (SSSR count). The molecule has 0 radical (unpaired) electrons. The molecule has 10 heteroatoms. The van der Waals surface area contributed by atoms with Crippen molar-refractivity contribution in [2.75, 3.05) is 19.7 Å². The van der Waals surface area contributed by atoms with Crippen molar-refractivity contribution in [3.8, 4) is 11.5 Å². The van der Waals surface area contributed by atoms with E-state index in [1.165, 1.54) is 23.5 Å². The first-order chi connectivity index (χ1) is 18.9. The number of unbranched alkanes of at least 4 members (excludes halogenated alkanes) is 3. The number of nitrogens with one attached hydrogen (secondary N) is 3. The number of thiophene rings is 1. The molecule has 206 valence electrons. The summed E-state index contributed by atoms with van der Waals surface area (Å²) in [5, 5.41) is 40.2. The quantitative estimate of drug-likeness (QED) is 0.122. The normalized spacial score (nSPS) is 12.7. The maximum Gasteiger partial charge on any atom is 0.405 e. The summed E-state index contributed by atoms with van der Waals surface area (Å²) in [7, 11) is 0. The number of carboxylic acid groups (broad SMARTS) is 1. The number of phenols is 1. The molecule has 0 saturated carbocycles. The van der Waals surface area contributed by atoms with E-state index >= 15 is 0 Å². The predicted octanol–water partition coefficient (Wildman–Crippen LogP) is 4.91. The fraction of sp³-hybridized carbons (Fsp3) is 0.310. The molecule has 0 fully saturated rings. The van der Waals surface area contributed by atoms with Crippen molar-refractivity contribution in [3.05, 3.63) is 92.4 Å². The summed E-state index contributed by atoms with van der Waals surface area (Å²) in [6.07, 6.45) is 2.01. The van der Waals surface area contributed by atoms with Crippen LogP contribution in [0.4, 0.5) is 4.79 Å². The van der Waals surface area contributed by atoms with Crippen LogP contribution in [0, 0.1) is 0 Å². The zero-order chi connectivity index (χ0) is 27.6. The van der Waals surface area contributed by atoms with Gasteiger partial charge in [-0.05, 0) is 77.2 Å². The molecule has 0 aliphatic heterocycles. The van der Waals surface area contributed by atoms with Gasteiger partial charge in [0.25, 0.3) is 0 Å². The van der Waals surface area contributed by atoms with E-state index in [4.69, 9.17) is 4.74 Å². The van der Waals surface area contributed by atoms with Crippen LogP contribution in [-0.4, -0.2) is 46.1 Å². The van der Waals surface area contributed by atoms with Gasteiger partial charge >= 0.3 is 6.09 Å². The maximum absolute atomic E-state index is 11.6. The van der Waals surface area contributed by atoms with Gasteiger partial charge in [-0.3, -0.25) is 4.79 Å². The van der Waals surface area contributed by atoms with E-state index in [0.717, 1.165) is 43.4 Å². The molecule has 0 aliphatic rings. The highest BCUT2D eigenvalue weighted by Gasteiger charge is 2.17. The lowest BCUT2D eigenvalue weighted by molar-refractivity contribution is 0.176. The van der Waals surface area contributed by atoms with Crippen molar-refractivity contribution in [2.24, 2.45) is 0 Å². The number of aliphatic hydroxyl groups excluding tert-OH is 1. The Kier molecular flexibility index (Phi) is 9.96. The van der Waals surface area contributed by atoms with E-state index in [-0.39, 0.29) is 11.3 Å². The van der Waals surface area contributed by atoms with E-state index in [0.29, 0.717) is 35.4 Å². The van der Waals surface area contributed by atoms with Crippen LogP contribution >= 0.6 is 11.3 Å². The molecular formula is C29H33N3O6S. The monoisotopic (exact) mass is 551 g/mol. The summed E-state index contributed by atoms with van der Waals surface area (Å²) < 4.78 is 5.92. The highest BCUT2D eigenvalue weighted by molar-refractivity contribution is 7.08. The Balaban J connectivity index is 1.15. The zero-order valence-electron chi connectivity index (χ0n) is 21.4. The van der Waals surface area contributed by atoms with E-state index in [2.05, 4.69) is 15.6 Å². The molecule has 2 aromatic carbocycles. The van der Waals surface area contributed by atoms with E-state index in [1.807, 2.05) is 41.1 Å². The molecule has 0 saturated heterocycles. The number of benzene rings is 2. The second kappa shape index (κ2) is 13.8. The number of H-pyrrole nitrogens is 1. The first kappa shape index (κ1) is 28.2. The molecule has 2 aromatic heterocycles. The Bertz CT molecular complexity index is 1420. The van der Waals surface area contributed by atoms with Gasteiger partial charge in [-0.1, -0.05) is 31.0 Å². The number of phenolic OH excluding ortho intramolecular Hbond substituents is 1. The third kappa shape index (κ3) is 7.82. The maximum atomic E-state index is 11.6. The van der Waals surface area contributed by atoms with Gasteiger partial charge in [-0.2, -0.15) is 11.3 Å². The minimum absolute atomic E-state index is 0.0268. The summed E-state index contributed by atoms with van der Waals surface area (Å²) in [5.74, 6) is 0.683. The Labute approximate surface area is 230 Å². The molecular weight excluding hydrogens is 518 g/mol. The predicted molar refractivity (Wildman–Crippen MR) is 152 cm³/mol. The zero-order valence-corrected chi connectivity index (χ0v) is 22.2. The van der Waals surface area contributed by atoms with Gasteiger partial charge in [0.15, 0.2) is 0 Å². The topological polar surface area (TPSA) is 144 Å². The number of aromatic amines is 1. The van der Waals surface area contributed by atoms with Crippen LogP contribution in [-0.2, 0) is 0 Å². The van der Waals surface area contributed by atoms with Gasteiger partial charge in [0, 0.05) is 18.0 Å². The average molecular weight is 552 g/mol. The molecule has 6 N–H and O–H groups in total. The molecule has 9 nitrogen and oxygen atoms in total. The van der Waals surface area contributed by atoms with Gasteiger partial charge < -0.3 is 35.7 Å². The van der Waals surface area contributed by atoms with Crippen molar-refractivity contribution in [1.29, 1.82) is 0 Å². The van der Waals surface area contributed by atoms with Crippen LogP contribution in [0.3, 0.4) is 0 Å². The van der Waals surface area contributed by atoms with Gasteiger partial charge in [0.2, 0.25) is 5.56 Å². The van der Waals surface area contributed by atoms with Crippen LogP contribution in [0.2, 0.25) is 0 Å². The third-order valence-electron chi connectivity index (χ3n) is 6.46. The minimum atomic E-state index is -1.08. The van der Waals surface area contributed by atoms with Crippen molar-refractivity contribution in [3.63, 3.8) is 0 Å². The molecule has 0 bridgehead atoms. The number of hydrogen-bond acceptors (Lipinski definition) is 7. The highest BCUT2D eigenvalue weighted by Crippen LogP contribution is 2.29. The number of aromatic nitrogens is 1. The molecule has 0 spiro atoms. The number of hydrogen-bond donors (Lipinski definition) is 6. The molecule has 2 heterocycles. The summed E-state index contributed by atoms with van der Waals surface area (Å²) in [5.41, 5.74) is 2.39. The van der Waals surface area contributed by atoms with Crippen LogP contribution in [0.1, 0.15) is 54.5 Å². The number of rotatable bonds is 14. The second-order valence-electron chi connectivity index (χ2n) is 9.28. The summed E-state index contributed by atoms with van der Waals surface area (Å²) in [4.78, 5) is 25.5. The number of carbonyl (C=O) groups is 1. The first-order valence-corrected chi connectivity index (χ1v) is 13.8. The van der Waals surface area contributed by atoms with Crippen molar-refractivity contribution < 1.29 is 24.9 Å². The molecule has 2 atom stereocenters. The molecule has 0 aliphatic carbocycles. The summed E-state index contributed by atoms with van der Waals surface area (Å²) in [6, 6.07) is 15.1. The van der Waals surface area contributed by atoms with Gasteiger partial charge in [-0.15, -0.1) is 0 Å². The average Bonchev–Trinajstić information content (AvgIpc) is 3.46. The Morgan fingerprint density at radius 3 is 2.67 bits per heavy atom. The van der Waals surface area contributed by atoms with Crippen LogP contribution in [0.25, 0.3) is 10.9 Å². The molecule has 1 amide bonds. The van der Waals surface area contributed by atoms with Gasteiger partial charge in [0.05, 0.1) is 24.3 Å². The molecule has 39 heavy (non-hydrogen) atoms. The molecule has 4 aromatic rings. The fourth-order valence-corrected chi connectivity index (χ4v) is 5.19. The standard InChI is InChI=1S/C29H33N3O6S/c33-24-10-8-22(23-9-11-26(35)31-28(23)24)25(34)17-30-13-3-1-2-4-14-38-21-7-5-6-19(16-21)27(32-29(36)37)20-12-15-39-18-20/h5-12,15-16,18,25,27,30,32-34H,1-4,13-14,17H2,(H,31,35)(H,36,37). The summed E-state index contributed by atoms with van der Waals surface area (Å²) >= 11 is 1.52. The van der Waals surface area contributed by atoms with Crippen LogP contribution in [0.5, 0.6) is 11.5 Å². The summed E-state index contributed by atoms with van der Waals surface area (Å²) in [6.45, 7) is 1.69. The number of fused-ring (bicyclic) bond motifs is 1. The number of aliphatic hydroxyl groups is 1. The highest BCUT2D eigenvalue weighted by atomic mass is 32.1. The van der Waals surface area contributed by atoms with E-state index in [1.54, 1.807) is 12.1 Å². The lowest BCUT2D eigenvalue weighted by atomic mass is 10.0. The van der Waals surface area contributed by atoms with Crippen molar-refractivity contribution >= 4 is 28.3 Å². The van der Waals surface area contributed by atoms with Crippen molar-refractivity contribution in [1.82, 2.24) is 15.6 Å². The number of pyridine rings is 1. The lowest BCUT2D eigenvalue weighted by Gasteiger charge is -2.17. The number of ether oxygens (including phenoxy) is 1. The van der Waals surface area contributed by atoms with Crippen molar-refractivity contribution in [2.45, 2.75) is 37.8 Å². The largest absolute Gasteiger partial charge is 0.506 e. The Morgan fingerprint density at radius 1 is 1.03 bits per heavy atom. The van der Waals surface area contributed by atoms with Crippen LogP contribution in [0.15, 0.2) is 70.2 Å². The minimum Gasteiger partial charge on any atom is -0.506 e. The molecule has 2 unspecified atom stereocenters. The van der Waals surface area contributed by atoms with Gasteiger partial charge in [-0.25, -0.2) is 4.79 Å².